The first-order chi connectivity index (χ1) is 8.93. The Balaban J connectivity index is 3.07. The van der Waals surface area contributed by atoms with E-state index in [-0.39, 0.29) is 5.56 Å². The molecule has 0 radical (unpaired) electrons. The molecule has 0 atom stereocenters. The van der Waals surface area contributed by atoms with Crippen LogP contribution in [0.2, 0.25) is 0 Å². The number of alkyl halides is 6. The van der Waals surface area contributed by atoms with Crippen molar-refractivity contribution in [1.29, 1.82) is 0 Å². The highest BCUT2D eigenvalue weighted by Crippen LogP contribution is 2.40. The summed E-state index contributed by atoms with van der Waals surface area (Å²) in [7, 11) is 0. The van der Waals surface area contributed by atoms with Gasteiger partial charge < -0.3 is 0 Å². The molecule has 0 heterocycles. The summed E-state index contributed by atoms with van der Waals surface area (Å²) in [6, 6.07) is 4.62. The van der Waals surface area contributed by atoms with Gasteiger partial charge in [0.15, 0.2) is 5.78 Å². The molecule has 0 aliphatic carbocycles. The molecule has 0 saturated heterocycles. The van der Waals surface area contributed by atoms with Crippen molar-refractivity contribution in [3.8, 4) is 0 Å². The van der Waals surface area contributed by atoms with Crippen molar-refractivity contribution in [2.75, 3.05) is 0 Å². The third kappa shape index (κ3) is 3.98. The smallest absolute Gasteiger partial charge is 0.298 e. The van der Waals surface area contributed by atoms with E-state index in [9.17, 15) is 31.1 Å². The van der Waals surface area contributed by atoms with Crippen molar-refractivity contribution < 1.29 is 31.1 Å². The number of carbonyl (C=O) groups excluding carboxylic acids is 1. The molecule has 1 aromatic carbocycles. The Morgan fingerprint density at radius 3 is 2.00 bits per heavy atom. The van der Waals surface area contributed by atoms with Crippen LogP contribution in [0, 0.1) is 19.8 Å². The van der Waals surface area contributed by atoms with Crippen LogP contribution in [0.1, 0.15) is 16.7 Å². The van der Waals surface area contributed by atoms with Gasteiger partial charge >= 0.3 is 12.4 Å². The molecule has 7 heteroatoms. The second-order valence-electron chi connectivity index (χ2n) is 4.59. The topological polar surface area (TPSA) is 17.1 Å². The van der Waals surface area contributed by atoms with E-state index < -0.39 is 30.5 Å². The van der Waals surface area contributed by atoms with E-state index in [1.54, 1.807) is 19.1 Å². The van der Waals surface area contributed by atoms with Crippen LogP contribution in [0.5, 0.6) is 0 Å². The molecular formula is C13H12F6O. The molecule has 0 aromatic heterocycles. The number of hydrogen-bond donors (Lipinski definition) is 0. The Hall–Kier alpha value is -1.53. The van der Waals surface area contributed by atoms with E-state index in [0.717, 1.165) is 0 Å². The molecule has 1 nitrogen and oxygen atoms in total. The van der Waals surface area contributed by atoms with Crippen LogP contribution in [0.25, 0.3) is 0 Å². The van der Waals surface area contributed by atoms with E-state index >= 15 is 0 Å². The first kappa shape index (κ1) is 16.5. The molecule has 0 bridgehead atoms. The van der Waals surface area contributed by atoms with Crippen LogP contribution in [0.15, 0.2) is 18.2 Å². The number of benzene rings is 1. The van der Waals surface area contributed by atoms with Gasteiger partial charge in [-0.2, -0.15) is 26.3 Å². The Bertz CT molecular complexity index is 487. The minimum atomic E-state index is -5.63. The van der Waals surface area contributed by atoms with Crippen LogP contribution in [0.3, 0.4) is 0 Å². The first-order valence-corrected chi connectivity index (χ1v) is 5.65. The average Bonchev–Trinajstić information content (AvgIpc) is 2.18. The predicted octanol–water partition coefficient (Wildman–Crippen LogP) is 4.16. The number of ketones is 1. The van der Waals surface area contributed by atoms with Crippen molar-refractivity contribution in [2.24, 2.45) is 5.92 Å². The van der Waals surface area contributed by atoms with Gasteiger partial charge in [0.25, 0.3) is 0 Å². The van der Waals surface area contributed by atoms with Crippen molar-refractivity contribution in [2.45, 2.75) is 32.6 Å². The zero-order valence-corrected chi connectivity index (χ0v) is 10.7. The highest BCUT2D eigenvalue weighted by Gasteiger charge is 2.60. The molecule has 112 valence electrons. The third-order valence-electron chi connectivity index (χ3n) is 2.85. The summed E-state index contributed by atoms with van der Waals surface area (Å²) in [6.45, 7) is 3.16. The highest BCUT2D eigenvalue weighted by molar-refractivity contribution is 5.85. The predicted molar refractivity (Wildman–Crippen MR) is 60.2 cm³/mol. The Kier molecular flexibility index (Phi) is 4.51. The fraction of sp³-hybridized carbons (Fsp3) is 0.462. The molecule has 0 aliphatic heterocycles. The molecule has 0 amide bonds. The summed E-state index contributed by atoms with van der Waals surface area (Å²) in [6.07, 6.45) is -12.2. The van der Waals surface area contributed by atoms with E-state index in [1.165, 1.54) is 13.0 Å². The number of Topliss-reactive ketones (excluding diaryl/α,β-unsaturated/α-hetero) is 1. The normalized spacial score (nSPS) is 12.8. The van der Waals surface area contributed by atoms with Crippen molar-refractivity contribution in [3.05, 3.63) is 34.9 Å². The molecular weight excluding hydrogens is 286 g/mol. The zero-order valence-electron chi connectivity index (χ0n) is 10.7. The summed E-state index contributed by atoms with van der Waals surface area (Å²) in [4.78, 5) is 11.4. The Morgan fingerprint density at radius 2 is 1.55 bits per heavy atom. The lowest BCUT2D eigenvalue weighted by molar-refractivity contribution is -0.273. The molecule has 0 N–H and O–H groups in total. The third-order valence-corrected chi connectivity index (χ3v) is 2.85. The quantitative estimate of drug-likeness (QED) is 0.766. The largest absolute Gasteiger partial charge is 0.407 e. The SMILES string of the molecule is Cc1ccc(C)c(CC(=O)C(C(F)(F)F)C(F)(F)F)c1. The minimum Gasteiger partial charge on any atom is -0.298 e. The molecule has 1 rings (SSSR count). The molecule has 0 saturated carbocycles. The highest BCUT2D eigenvalue weighted by atomic mass is 19.4. The van der Waals surface area contributed by atoms with Gasteiger partial charge in [0.2, 0.25) is 5.92 Å². The minimum absolute atomic E-state index is 0.175. The molecule has 0 aliphatic rings. The summed E-state index contributed by atoms with van der Waals surface area (Å²) in [5, 5.41) is 0. The van der Waals surface area contributed by atoms with Gasteiger partial charge in [-0.25, -0.2) is 0 Å². The van der Waals surface area contributed by atoms with Gasteiger partial charge in [-0.1, -0.05) is 23.8 Å². The van der Waals surface area contributed by atoms with Gasteiger partial charge in [-0.3, -0.25) is 4.79 Å². The Morgan fingerprint density at radius 1 is 1.05 bits per heavy atom. The summed E-state index contributed by atoms with van der Waals surface area (Å²) in [5.74, 6) is -5.83. The maximum Gasteiger partial charge on any atom is 0.407 e. The maximum atomic E-state index is 12.4. The number of halogens is 6. The van der Waals surface area contributed by atoms with Crippen LogP contribution in [0.4, 0.5) is 26.3 Å². The average molecular weight is 298 g/mol. The van der Waals surface area contributed by atoms with E-state index in [1.807, 2.05) is 0 Å². The lowest BCUT2D eigenvalue weighted by Crippen LogP contribution is -2.43. The second kappa shape index (κ2) is 5.46. The fourth-order valence-corrected chi connectivity index (χ4v) is 1.83. The molecule has 1 aromatic rings. The second-order valence-corrected chi connectivity index (χ2v) is 4.59. The van der Waals surface area contributed by atoms with Gasteiger partial charge in [-0.15, -0.1) is 0 Å². The number of carbonyl (C=O) groups is 1. The van der Waals surface area contributed by atoms with Crippen LogP contribution in [-0.4, -0.2) is 18.1 Å². The van der Waals surface area contributed by atoms with Crippen LogP contribution in [-0.2, 0) is 11.2 Å². The monoisotopic (exact) mass is 298 g/mol. The van der Waals surface area contributed by atoms with Crippen molar-refractivity contribution in [3.63, 3.8) is 0 Å². The lowest BCUT2D eigenvalue weighted by atomic mass is 9.93. The maximum absolute atomic E-state index is 12.4. The van der Waals surface area contributed by atoms with Crippen molar-refractivity contribution >= 4 is 5.78 Å². The molecule has 20 heavy (non-hydrogen) atoms. The standard InChI is InChI=1S/C13H12F6O/c1-7-3-4-8(2)9(5-7)6-10(20)11(12(14,15)16)13(17,18)19/h3-5,11H,6H2,1-2H3. The summed E-state index contributed by atoms with van der Waals surface area (Å²) >= 11 is 0. The van der Waals surface area contributed by atoms with Gasteiger partial charge in [0.1, 0.15) is 0 Å². The van der Waals surface area contributed by atoms with Gasteiger partial charge in [-0.05, 0) is 25.0 Å². The molecule has 0 fully saturated rings. The number of rotatable bonds is 3. The molecule has 0 spiro atoms. The van der Waals surface area contributed by atoms with Crippen LogP contribution < -0.4 is 0 Å². The summed E-state index contributed by atoms with van der Waals surface area (Å²) < 4.78 is 74.4. The van der Waals surface area contributed by atoms with E-state index in [0.29, 0.717) is 11.1 Å². The Labute approximate surface area is 111 Å². The van der Waals surface area contributed by atoms with E-state index in [4.69, 9.17) is 0 Å². The van der Waals surface area contributed by atoms with Gasteiger partial charge in [0, 0.05) is 6.42 Å². The van der Waals surface area contributed by atoms with Crippen molar-refractivity contribution in [1.82, 2.24) is 0 Å². The van der Waals surface area contributed by atoms with Crippen LogP contribution >= 0.6 is 0 Å². The fourth-order valence-electron chi connectivity index (χ4n) is 1.83. The lowest BCUT2D eigenvalue weighted by Gasteiger charge is -2.22. The number of hydrogen-bond acceptors (Lipinski definition) is 1. The van der Waals surface area contributed by atoms with E-state index in [2.05, 4.69) is 0 Å². The first-order valence-electron chi connectivity index (χ1n) is 5.65. The van der Waals surface area contributed by atoms with Gasteiger partial charge in [0.05, 0.1) is 0 Å². The zero-order chi connectivity index (χ0) is 15.7. The number of aryl methyl sites for hydroxylation is 2. The summed E-state index contributed by atoms with van der Waals surface area (Å²) in [5.41, 5.74) is 1.31. The molecule has 0 unspecified atom stereocenters.